The molecule has 0 amide bonds. The number of fused-ring (bicyclic) bond motifs is 4. The van der Waals surface area contributed by atoms with Gasteiger partial charge in [-0.1, -0.05) is 60.7 Å². The second-order valence-electron chi connectivity index (χ2n) is 10.7. The van der Waals surface area contributed by atoms with Crippen LogP contribution in [-0.4, -0.2) is 0 Å². The van der Waals surface area contributed by atoms with E-state index in [2.05, 4.69) is 71.7 Å². The number of hydrogen-bond acceptors (Lipinski definition) is 0. The van der Waals surface area contributed by atoms with Crippen molar-refractivity contribution in [1.29, 1.82) is 0 Å². The van der Waals surface area contributed by atoms with Gasteiger partial charge in [-0.25, -0.2) is 0 Å². The van der Waals surface area contributed by atoms with E-state index in [-0.39, 0.29) is 26.5 Å². The number of nitrogens with zero attached hydrogens (tertiary/aromatic N) is 1. The zero-order valence-corrected chi connectivity index (χ0v) is 21.1. The van der Waals surface area contributed by atoms with Gasteiger partial charge in [-0.15, -0.1) is 5.52 Å². The van der Waals surface area contributed by atoms with Crippen molar-refractivity contribution in [3.63, 3.8) is 0 Å². The molecule has 1 heterocycles. The second-order valence-corrected chi connectivity index (χ2v) is 10.7. The van der Waals surface area contributed by atoms with Gasteiger partial charge in [0.1, 0.15) is 0 Å². The van der Waals surface area contributed by atoms with E-state index in [4.69, 9.17) is 0 Å². The van der Waals surface area contributed by atoms with E-state index in [0.29, 0.717) is 0 Å². The Labute approximate surface area is 203 Å². The van der Waals surface area contributed by atoms with Gasteiger partial charge in [0.05, 0.1) is 0 Å². The summed E-state index contributed by atoms with van der Waals surface area (Å²) in [6.45, 7) is 0. The zero-order valence-electron chi connectivity index (χ0n) is 18.1. The zero-order chi connectivity index (χ0) is 20.2. The van der Waals surface area contributed by atoms with Gasteiger partial charge in [0.25, 0.3) is 0 Å². The Morgan fingerprint density at radius 2 is 1.34 bits per heavy atom. The molecule has 158 valence electrons. The number of hydrogen-bond donors (Lipinski definition) is 0. The Bertz CT molecular complexity index is 1330. The van der Waals surface area contributed by atoms with Crippen LogP contribution in [0.25, 0.3) is 33.2 Å². The van der Waals surface area contributed by atoms with Gasteiger partial charge in [-0.3, -0.25) is 0 Å². The predicted molar refractivity (Wildman–Crippen MR) is 126 cm³/mol. The first-order valence-electron chi connectivity index (χ1n) is 12.1. The summed E-state index contributed by atoms with van der Waals surface area (Å²) >= 11 is 0. The molecule has 4 bridgehead atoms. The Kier molecular flexibility index (Phi) is 4.06. The van der Waals surface area contributed by atoms with Gasteiger partial charge in [-0.05, 0) is 101 Å². The molecule has 1 nitrogen and oxygen atoms in total. The summed E-state index contributed by atoms with van der Waals surface area (Å²) in [5.74, 6) is 3.61. The van der Waals surface area contributed by atoms with Crippen molar-refractivity contribution in [3.8, 4) is 22.3 Å². The maximum Gasteiger partial charge on any atom is 0.0272 e. The third kappa shape index (κ3) is 2.34. The minimum Gasteiger partial charge on any atom is -0.664 e. The molecule has 3 aromatic carbocycles. The molecule has 1 aromatic heterocycles. The Balaban J connectivity index is 0.00000180. The van der Waals surface area contributed by atoms with Crippen molar-refractivity contribution in [1.82, 2.24) is 4.98 Å². The summed E-state index contributed by atoms with van der Waals surface area (Å²) in [5.41, 5.74) is 10.3. The average Bonchev–Trinajstić information content (AvgIpc) is 3.37. The first kappa shape index (κ1) is 19.4. The van der Waals surface area contributed by atoms with Crippen LogP contribution in [0, 0.1) is 23.7 Å². The van der Waals surface area contributed by atoms with Gasteiger partial charge in [0.2, 0.25) is 0 Å². The molecule has 1 spiro atoms. The standard InChI is InChI=1S/C30H26N.W/c1-2-4-27-25(3-1)26-8-7-21(22-6-5-20-9-10-31-29(20)17-22)16-28(26)30(27)23-12-18-11-19(14-23)15-24(30)13-18;/h1-10,16-19,23-24H,11-15H2;/q-1;. The van der Waals surface area contributed by atoms with E-state index in [9.17, 15) is 0 Å². The number of rotatable bonds is 1. The molecule has 2 heteroatoms. The Morgan fingerprint density at radius 1 is 0.656 bits per heavy atom. The van der Waals surface area contributed by atoms with Crippen molar-refractivity contribution >= 4 is 10.9 Å². The van der Waals surface area contributed by atoms with Crippen LogP contribution in [0.5, 0.6) is 0 Å². The normalized spacial score (nSPS) is 31.0. The molecule has 4 saturated carbocycles. The van der Waals surface area contributed by atoms with Crippen LogP contribution in [0.4, 0.5) is 0 Å². The SMILES string of the molecule is [W].c1ccc2c(c1)-c1ccc(-c3ccc4cc[n-]c4c3)cc1C21C2CC3CC(C2)CC1C3. The minimum atomic E-state index is 0. The van der Waals surface area contributed by atoms with Crippen LogP contribution in [0.1, 0.15) is 43.2 Å². The Morgan fingerprint density at radius 3 is 2.16 bits per heavy atom. The molecule has 9 rings (SSSR count). The van der Waals surface area contributed by atoms with Gasteiger partial charge < -0.3 is 4.98 Å². The number of aromatic nitrogens is 1. The smallest absolute Gasteiger partial charge is 0.0272 e. The molecule has 5 aliphatic rings. The van der Waals surface area contributed by atoms with Crippen molar-refractivity contribution in [2.45, 2.75) is 37.5 Å². The average molecular weight is 584 g/mol. The molecule has 0 unspecified atom stereocenters. The summed E-state index contributed by atoms with van der Waals surface area (Å²) in [5, 5.41) is 1.23. The van der Waals surface area contributed by atoms with E-state index in [0.717, 1.165) is 29.2 Å². The molecular formula is C30H26NW-. The molecule has 0 atom stereocenters. The predicted octanol–water partition coefficient (Wildman–Crippen LogP) is 7.18. The molecule has 4 aromatic rings. The van der Waals surface area contributed by atoms with Gasteiger partial charge in [0.15, 0.2) is 0 Å². The van der Waals surface area contributed by atoms with Crippen LogP contribution in [0.15, 0.2) is 72.9 Å². The van der Waals surface area contributed by atoms with Gasteiger partial charge in [-0.2, -0.15) is 6.20 Å². The summed E-state index contributed by atoms with van der Waals surface area (Å²) in [6.07, 6.45) is 9.17. The van der Waals surface area contributed by atoms with Crippen LogP contribution < -0.4 is 4.98 Å². The van der Waals surface area contributed by atoms with Crippen LogP contribution >= 0.6 is 0 Å². The van der Waals surface area contributed by atoms with Gasteiger partial charge in [0, 0.05) is 26.5 Å². The monoisotopic (exact) mass is 584 g/mol. The van der Waals surface area contributed by atoms with E-state index in [1.165, 1.54) is 59.7 Å². The van der Waals surface area contributed by atoms with Crippen LogP contribution in [0.2, 0.25) is 0 Å². The van der Waals surface area contributed by atoms with E-state index in [1.807, 2.05) is 6.20 Å². The van der Waals surface area contributed by atoms with E-state index < -0.39 is 0 Å². The fourth-order valence-corrected chi connectivity index (χ4v) is 8.51. The molecule has 0 N–H and O–H groups in total. The minimum absolute atomic E-state index is 0. The summed E-state index contributed by atoms with van der Waals surface area (Å²) < 4.78 is 0. The third-order valence-electron chi connectivity index (χ3n) is 9.39. The fraction of sp³-hybridized carbons (Fsp3) is 0.333. The summed E-state index contributed by atoms with van der Waals surface area (Å²) in [7, 11) is 0. The molecule has 0 radical (unpaired) electrons. The molecule has 0 saturated heterocycles. The van der Waals surface area contributed by atoms with E-state index in [1.54, 1.807) is 11.1 Å². The third-order valence-corrected chi connectivity index (χ3v) is 9.39. The first-order valence-corrected chi connectivity index (χ1v) is 12.1. The largest absolute Gasteiger partial charge is 0.664 e. The van der Waals surface area contributed by atoms with Crippen LogP contribution in [-0.2, 0) is 26.5 Å². The second kappa shape index (κ2) is 6.70. The first-order chi connectivity index (χ1) is 15.3. The van der Waals surface area contributed by atoms with E-state index >= 15 is 0 Å². The Hall–Kier alpha value is -2.11. The number of benzene rings is 3. The molecule has 4 fully saturated rings. The molecule has 5 aliphatic carbocycles. The van der Waals surface area contributed by atoms with Crippen molar-refractivity contribution in [2.24, 2.45) is 23.7 Å². The fourth-order valence-electron chi connectivity index (χ4n) is 8.51. The van der Waals surface area contributed by atoms with Gasteiger partial charge >= 0.3 is 0 Å². The maximum atomic E-state index is 4.55. The van der Waals surface area contributed by atoms with Crippen molar-refractivity contribution in [2.75, 3.05) is 0 Å². The molecule has 0 aliphatic heterocycles. The molecule has 32 heavy (non-hydrogen) atoms. The molecular weight excluding hydrogens is 558 g/mol. The quantitative estimate of drug-likeness (QED) is 0.231. The van der Waals surface area contributed by atoms with Crippen molar-refractivity contribution in [3.05, 3.63) is 84.1 Å². The summed E-state index contributed by atoms with van der Waals surface area (Å²) in [6, 6.07) is 25.6. The summed E-state index contributed by atoms with van der Waals surface area (Å²) in [4.78, 5) is 4.55. The van der Waals surface area contributed by atoms with Crippen molar-refractivity contribution < 1.29 is 21.1 Å². The topological polar surface area (TPSA) is 14.1 Å². The maximum absolute atomic E-state index is 4.55. The van der Waals surface area contributed by atoms with Crippen LogP contribution in [0.3, 0.4) is 0 Å².